The van der Waals surface area contributed by atoms with Crippen LogP contribution in [0.3, 0.4) is 0 Å². The topological polar surface area (TPSA) is 66.5 Å². The van der Waals surface area contributed by atoms with Gasteiger partial charge in [-0.3, -0.25) is 9.10 Å². The lowest BCUT2D eigenvalue weighted by Crippen LogP contribution is -2.33. The van der Waals surface area contributed by atoms with Crippen LogP contribution in [0.25, 0.3) is 0 Å². The van der Waals surface area contributed by atoms with Crippen molar-refractivity contribution in [2.75, 3.05) is 22.4 Å². The van der Waals surface area contributed by atoms with Crippen molar-refractivity contribution in [1.82, 2.24) is 0 Å². The number of benzene rings is 2. The number of carbonyl (C=O) groups excluding carboxylic acids is 1. The fourth-order valence-corrected chi connectivity index (χ4v) is 3.04. The summed E-state index contributed by atoms with van der Waals surface area (Å²) >= 11 is 0. The first-order valence-corrected chi connectivity index (χ1v) is 9.00. The van der Waals surface area contributed by atoms with E-state index in [0.717, 1.165) is 34.8 Å². The highest BCUT2D eigenvalue weighted by molar-refractivity contribution is 7.92. The molecule has 0 spiro atoms. The van der Waals surface area contributed by atoms with Gasteiger partial charge in [-0.15, -0.1) is 0 Å². The molecule has 0 aromatic heterocycles. The molecule has 2 aromatic rings. The summed E-state index contributed by atoms with van der Waals surface area (Å²) in [6, 6.07) is 7.85. The standard InChI is InChI=1S/C16H15F3N2O3S/c1-25(23,24)21(13-5-6-14(18)15(19)10-13)8-7-16(22)20-12-4-2-3-11(17)9-12/h2-6,9-10H,7-8H2,1H3,(H,20,22). The van der Waals surface area contributed by atoms with Gasteiger partial charge in [0.05, 0.1) is 11.9 Å². The molecule has 134 valence electrons. The molecule has 2 aromatic carbocycles. The van der Waals surface area contributed by atoms with Crippen molar-refractivity contribution < 1.29 is 26.4 Å². The molecule has 0 unspecified atom stereocenters. The highest BCUT2D eigenvalue weighted by Crippen LogP contribution is 2.21. The number of halogens is 3. The predicted octanol–water partition coefficient (Wildman–Crippen LogP) is 2.90. The Morgan fingerprint density at radius 1 is 1.08 bits per heavy atom. The first-order chi connectivity index (χ1) is 11.7. The number of nitrogens with zero attached hydrogens (tertiary/aromatic N) is 1. The fraction of sp³-hybridized carbons (Fsp3) is 0.188. The molecular weight excluding hydrogens is 357 g/mol. The second-order valence-electron chi connectivity index (χ2n) is 5.24. The lowest BCUT2D eigenvalue weighted by molar-refractivity contribution is -0.116. The van der Waals surface area contributed by atoms with Crippen LogP contribution in [-0.4, -0.2) is 27.1 Å². The number of amides is 1. The number of sulfonamides is 1. The molecule has 2 rings (SSSR count). The largest absolute Gasteiger partial charge is 0.326 e. The van der Waals surface area contributed by atoms with Crippen LogP contribution < -0.4 is 9.62 Å². The Balaban J connectivity index is 2.10. The zero-order valence-electron chi connectivity index (χ0n) is 13.2. The first kappa shape index (κ1) is 18.8. The van der Waals surface area contributed by atoms with Crippen LogP contribution in [0.1, 0.15) is 6.42 Å². The molecule has 0 saturated carbocycles. The van der Waals surface area contributed by atoms with E-state index in [-0.39, 0.29) is 24.3 Å². The first-order valence-electron chi connectivity index (χ1n) is 7.15. The Hall–Kier alpha value is -2.55. The summed E-state index contributed by atoms with van der Waals surface area (Å²) in [7, 11) is -3.82. The molecule has 0 bridgehead atoms. The van der Waals surface area contributed by atoms with Crippen LogP contribution in [0.4, 0.5) is 24.5 Å². The Morgan fingerprint density at radius 3 is 2.40 bits per heavy atom. The second-order valence-corrected chi connectivity index (χ2v) is 7.15. The Bertz CT molecular complexity index is 888. The van der Waals surface area contributed by atoms with Gasteiger partial charge in [-0.25, -0.2) is 21.6 Å². The van der Waals surface area contributed by atoms with Gasteiger partial charge in [0.15, 0.2) is 11.6 Å². The summed E-state index contributed by atoms with van der Waals surface area (Å²) in [4.78, 5) is 11.9. The summed E-state index contributed by atoms with van der Waals surface area (Å²) in [5.41, 5.74) is 0.128. The third-order valence-corrected chi connectivity index (χ3v) is 4.44. The van der Waals surface area contributed by atoms with Crippen molar-refractivity contribution in [2.24, 2.45) is 0 Å². The van der Waals surface area contributed by atoms with Crippen LogP contribution in [0.5, 0.6) is 0 Å². The van der Waals surface area contributed by atoms with E-state index in [0.29, 0.717) is 0 Å². The van der Waals surface area contributed by atoms with E-state index in [1.165, 1.54) is 18.2 Å². The third kappa shape index (κ3) is 5.21. The van der Waals surface area contributed by atoms with Crippen molar-refractivity contribution in [3.63, 3.8) is 0 Å². The molecule has 0 aliphatic carbocycles. The van der Waals surface area contributed by atoms with Gasteiger partial charge in [-0.2, -0.15) is 0 Å². The van der Waals surface area contributed by atoms with Crippen LogP contribution in [0.15, 0.2) is 42.5 Å². The van der Waals surface area contributed by atoms with Crippen molar-refractivity contribution in [2.45, 2.75) is 6.42 Å². The maximum atomic E-state index is 13.3. The highest BCUT2D eigenvalue weighted by atomic mass is 32.2. The van der Waals surface area contributed by atoms with E-state index in [9.17, 15) is 26.4 Å². The van der Waals surface area contributed by atoms with E-state index in [4.69, 9.17) is 0 Å². The summed E-state index contributed by atoms with van der Waals surface area (Å²) in [5, 5.41) is 2.43. The van der Waals surface area contributed by atoms with Crippen molar-refractivity contribution in [3.8, 4) is 0 Å². The third-order valence-electron chi connectivity index (χ3n) is 3.24. The van der Waals surface area contributed by atoms with Crippen LogP contribution in [-0.2, 0) is 14.8 Å². The molecule has 0 saturated heterocycles. The smallest absolute Gasteiger partial charge is 0.232 e. The van der Waals surface area contributed by atoms with Crippen LogP contribution in [0, 0.1) is 17.5 Å². The molecule has 0 aliphatic heterocycles. The van der Waals surface area contributed by atoms with Gasteiger partial charge in [-0.1, -0.05) is 6.07 Å². The molecule has 0 fully saturated rings. The predicted molar refractivity (Wildman–Crippen MR) is 88.2 cm³/mol. The summed E-state index contributed by atoms with van der Waals surface area (Å²) < 4.78 is 64.0. The summed E-state index contributed by atoms with van der Waals surface area (Å²) in [5.74, 6) is -3.39. The molecule has 1 N–H and O–H groups in total. The highest BCUT2D eigenvalue weighted by Gasteiger charge is 2.20. The average molecular weight is 372 g/mol. The molecule has 5 nitrogen and oxygen atoms in total. The van der Waals surface area contributed by atoms with Crippen molar-refractivity contribution in [3.05, 3.63) is 59.9 Å². The molecule has 0 heterocycles. The molecular formula is C16H15F3N2O3S. The number of rotatable bonds is 6. The molecule has 1 amide bonds. The van der Waals surface area contributed by atoms with E-state index in [1.807, 2.05) is 0 Å². The average Bonchev–Trinajstić information content (AvgIpc) is 2.49. The van der Waals surface area contributed by atoms with Gasteiger partial charge in [0.1, 0.15) is 5.82 Å². The number of hydrogen-bond donors (Lipinski definition) is 1. The summed E-state index contributed by atoms with van der Waals surface area (Å²) in [6.45, 7) is -0.287. The van der Waals surface area contributed by atoms with Crippen LogP contribution >= 0.6 is 0 Å². The van der Waals surface area contributed by atoms with Gasteiger partial charge < -0.3 is 5.32 Å². The zero-order valence-corrected chi connectivity index (χ0v) is 14.0. The van der Waals surface area contributed by atoms with Crippen molar-refractivity contribution >= 4 is 27.3 Å². The molecule has 9 heteroatoms. The van der Waals surface area contributed by atoms with E-state index in [2.05, 4.69) is 5.32 Å². The van der Waals surface area contributed by atoms with Gasteiger partial charge in [0, 0.05) is 24.7 Å². The minimum absolute atomic E-state index is 0.0973. The molecule has 0 radical (unpaired) electrons. The lowest BCUT2D eigenvalue weighted by atomic mass is 10.2. The zero-order chi connectivity index (χ0) is 18.6. The Morgan fingerprint density at radius 2 is 1.80 bits per heavy atom. The number of nitrogens with one attached hydrogen (secondary N) is 1. The SMILES string of the molecule is CS(=O)(=O)N(CCC(=O)Nc1cccc(F)c1)c1ccc(F)c(F)c1. The minimum Gasteiger partial charge on any atom is -0.326 e. The summed E-state index contributed by atoms with van der Waals surface area (Å²) in [6.07, 6.45) is 0.626. The number of carbonyl (C=O) groups is 1. The molecule has 0 atom stereocenters. The monoisotopic (exact) mass is 372 g/mol. The quantitative estimate of drug-likeness (QED) is 0.848. The minimum atomic E-state index is -3.82. The van der Waals surface area contributed by atoms with E-state index >= 15 is 0 Å². The lowest BCUT2D eigenvalue weighted by Gasteiger charge is -2.22. The van der Waals surface area contributed by atoms with E-state index in [1.54, 1.807) is 0 Å². The van der Waals surface area contributed by atoms with E-state index < -0.39 is 33.4 Å². The van der Waals surface area contributed by atoms with Gasteiger partial charge in [-0.05, 0) is 30.3 Å². The normalized spacial score (nSPS) is 11.2. The number of hydrogen-bond acceptors (Lipinski definition) is 3. The van der Waals surface area contributed by atoms with Gasteiger partial charge in [0.2, 0.25) is 15.9 Å². The van der Waals surface area contributed by atoms with Crippen LogP contribution in [0.2, 0.25) is 0 Å². The molecule has 25 heavy (non-hydrogen) atoms. The van der Waals surface area contributed by atoms with Crippen molar-refractivity contribution in [1.29, 1.82) is 0 Å². The maximum Gasteiger partial charge on any atom is 0.232 e. The van der Waals surface area contributed by atoms with Gasteiger partial charge >= 0.3 is 0 Å². The Labute approximate surface area is 143 Å². The maximum absolute atomic E-state index is 13.3. The number of anilines is 2. The molecule has 0 aliphatic rings. The fourth-order valence-electron chi connectivity index (χ4n) is 2.12. The second kappa shape index (κ2) is 7.56. The Kier molecular flexibility index (Phi) is 5.68. The van der Waals surface area contributed by atoms with Gasteiger partial charge in [0.25, 0.3) is 0 Å².